The summed E-state index contributed by atoms with van der Waals surface area (Å²) >= 11 is 0. The fourth-order valence-corrected chi connectivity index (χ4v) is 3.22. The molecule has 120 valence electrons. The highest BCUT2D eigenvalue weighted by molar-refractivity contribution is 4.96. The highest BCUT2D eigenvalue weighted by Gasteiger charge is 2.26. The Kier molecular flexibility index (Phi) is 4.37. The molecule has 0 aliphatic heterocycles. The minimum Gasteiger partial charge on any atom is -0.308 e. The molecule has 8 heteroatoms. The quantitative estimate of drug-likeness (QED) is 0.819. The Hall–Kier alpha value is -1.96. The number of H-pyrrole nitrogens is 1. The largest absolute Gasteiger partial charge is 0.343 e. The molecule has 3 rings (SSSR count). The van der Waals surface area contributed by atoms with E-state index >= 15 is 0 Å². The van der Waals surface area contributed by atoms with Crippen molar-refractivity contribution in [3.8, 4) is 0 Å². The van der Waals surface area contributed by atoms with E-state index < -0.39 is 0 Å². The number of aromatic nitrogens is 6. The van der Waals surface area contributed by atoms with E-state index in [1.807, 2.05) is 7.05 Å². The third-order valence-electron chi connectivity index (χ3n) is 4.68. The van der Waals surface area contributed by atoms with E-state index in [9.17, 15) is 4.79 Å². The van der Waals surface area contributed by atoms with Gasteiger partial charge in [-0.3, -0.25) is 9.25 Å². The van der Waals surface area contributed by atoms with Crippen LogP contribution in [0.3, 0.4) is 0 Å². The van der Waals surface area contributed by atoms with Crippen LogP contribution in [0.2, 0.25) is 0 Å². The minimum absolute atomic E-state index is 0.142. The average molecular weight is 305 g/mol. The summed E-state index contributed by atoms with van der Waals surface area (Å²) in [4.78, 5) is 11.5. The van der Waals surface area contributed by atoms with Gasteiger partial charge >= 0.3 is 5.69 Å². The molecule has 22 heavy (non-hydrogen) atoms. The van der Waals surface area contributed by atoms with Gasteiger partial charge in [0.05, 0.1) is 11.9 Å². The van der Waals surface area contributed by atoms with Crippen molar-refractivity contribution in [1.82, 2.24) is 35.1 Å². The lowest BCUT2D eigenvalue weighted by atomic mass is 9.82. The van der Waals surface area contributed by atoms with Crippen LogP contribution in [0.15, 0.2) is 11.0 Å². The lowest BCUT2D eigenvalue weighted by Crippen LogP contribution is -2.40. The van der Waals surface area contributed by atoms with Gasteiger partial charge in [-0.1, -0.05) is 18.1 Å². The molecule has 0 aromatic carbocycles. The van der Waals surface area contributed by atoms with E-state index in [0.717, 1.165) is 30.9 Å². The number of rotatable bonds is 5. The normalized spacial score (nSPS) is 22.1. The summed E-state index contributed by atoms with van der Waals surface area (Å²) in [6.45, 7) is 0.768. The molecular formula is C14H23N7O. The van der Waals surface area contributed by atoms with E-state index in [0.29, 0.717) is 12.0 Å². The van der Waals surface area contributed by atoms with Crippen LogP contribution in [0.25, 0.3) is 0 Å². The Morgan fingerprint density at radius 1 is 1.36 bits per heavy atom. The van der Waals surface area contributed by atoms with Gasteiger partial charge in [0.2, 0.25) is 0 Å². The van der Waals surface area contributed by atoms with Crippen LogP contribution < -0.4 is 11.0 Å². The van der Waals surface area contributed by atoms with Crippen LogP contribution in [0, 0.1) is 5.92 Å². The first kappa shape index (κ1) is 15.0. The maximum atomic E-state index is 11.5. The van der Waals surface area contributed by atoms with Crippen LogP contribution in [-0.2, 0) is 27.1 Å². The standard InChI is InChI=1S/C14H23N7O/c1-20-13(17-18-14(20)22)7-10-5-3-4-6-12(10)15-8-11-9-16-19-21(11)2/h9-10,12,15H,3-8H2,1-2H3,(H,18,22)/t10-,12-/m1/s1. The van der Waals surface area contributed by atoms with Gasteiger partial charge in [-0.2, -0.15) is 5.10 Å². The molecule has 0 bridgehead atoms. The topological polar surface area (TPSA) is 93.4 Å². The summed E-state index contributed by atoms with van der Waals surface area (Å²) in [5.74, 6) is 1.34. The minimum atomic E-state index is -0.142. The van der Waals surface area contributed by atoms with Crippen LogP contribution in [0.5, 0.6) is 0 Å². The maximum absolute atomic E-state index is 11.5. The SMILES string of the molecule is Cn1nncc1CN[C@@H]1CCCC[C@@H]1Cc1n[nH]c(=O)n1C. The number of aromatic amines is 1. The van der Waals surface area contributed by atoms with Crippen LogP contribution in [0.1, 0.15) is 37.2 Å². The number of nitrogens with zero attached hydrogens (tertiary/aromatic N) is 5. The molecule has 2 N–H and O–H groups in total. The first-order valence-electron chi connectivity index (χ1n) is 7.82. The molecule has 0 spiro atoms. The molecule has 1 fully saturated rings. The summed E-state index contributed by atoms with van der Waals surface area (Å²) in [6, 6.07) is 0.440. The molecule has 1 aliphatic carbocycles. The molecule has 0 amide bonds. The number of aryl methyl sites for hydroxylation is 1. The average Bonchev–Trinajstić information content (AvgIpc) is 3.07. The fraction of sp³-hybridized carbons (Fsp3) is 0.714. The van der Waals surface area contributed by atoms with Crippen LogP contribution in [-0.4, -0.2) is 35.8 Å². The molecular weight excluding hydrogens is 282 g/mol. The van der Waals surface area contributed by atoms with Gasteiger partial charge in [0, 0.05) is 33.1 Å². The van der Waals surface area contributed by atoms with Gasteiger partial charge in [0.25, 0.3) is 0 Å². The summed E-state index contributed by atoms with van der Waals surface area (Å²) in [5.41, 5.74) is 0.938. The lowest BCUT2D eigenvalue weighted by Gasteiger charge is -2.32. The lowest BCUT2D eigenvalue weighted by molar-refractivity contribution is 0.253. The van der Waals surface area contributed by atoms with Crippen molar-refractivity contribution < 1.29 is 0 Å². The smallest absolute Gasteiger partial charge is 0.308 e. The Labute approximate surface area is 128 Å². The van der Waals surface area contributed by atoms with Crippen LogP contribution >= 0.6 is 0 Å². The van der Waals surface area contributed by atoms with E-state index in [1.54, 1.807) is 22.5 Å². The van der Waals surface area contributed by atoms with Gasteiger partial charge in [-0.15, -0.1) is 5.10 Å². The highest BCUT2D eigenvalue weighted by Crippen LogP contribution is 2.27. The van der Waals surface area contributed by atoms with Crippen molar-refractivity contribution in [3.63, 3.8) is 0 Å². The Morgan fingerprint density at radius 2 is 2.18 bits per heavy atom. The second-order valence-corrected chi connectivity index (χ2v) is 6.09. The van der Waals surface area contributed by atoms with Crippen LogP contribution in [0.4, 0.5) is 0 Å². The number of nitrogens with one attached hydrogen (secondary N) is 2. The highest BCUT2D eigenvalue weighted by atomic mass is 16.1. The maximum Gasteiger partial charge on any atom is 0.343 e. The zero-order valence-electron chi connectivity index (χ0n) is 13.1. The summed E-state index contributed by atoms with van der Waals surface area (Å²) in [7, 11) is 3.68. The van der Waals surface area contributed by atoms with Crippen molar-refractivity contribution in [2.75, 3.05) is 0 Å². The third kappa shape index (κ3) is 3.11. The Bertz CT molecular complexity index is 671. The van der Waals surface area contributed by atoms with Gasteiger partial charge in [0.15, 0.2) is 0 Å². The molecule has 0 saturated heterocycles. The fourth-order valence-electron chi connectivity index (χ4n) is 3.22. The van der Waals surface area contributed by atoms with E-state index in [-0.39, 0.29) is 5.69 Å². The van der Waals surface area contributed by atoms with E-state index in [1.165, 1.54) is 19.3 Å². The number of hydrogen-bond acceptors (Lipinski definition) is 5. The molecule has 0 radical (unpaired) electrons. The Morgan fingerprint density at radius 3 is 2.86 bits per heavy atom. The second-order valence-electron chi connectivity index (χ2n) is 6.09. The van der Waals surface area contributed by atoms with Gasteiger partial charge < -0.3 is 5.32 Å². The summed E-state index contributed by atoms with van der Waals surface area (Å²) in [5, 5.41) is 18.2. The first-order valence-corrected chi connectivity index (χ1v) is 7.82. The van der Waals surface area contributed by atoms with Crippen molar-refractivity contribution in [2.24, 2.45) is 20.0 Å². The van der Waals surface area contributed by atoms with Crippen molar-refractivity contribution in [2.45, 2.75) is 44.7 Å². The van der Waals surface area contributed by atoms with Crippen molar-refractivity contribution in [3.05, 3.63) is 28.2 Å². The molecule has 2 atom stereocenters. The van der Waals surface area contributed by atoms with Gasteiger partial charge in [0.1, 0.15) is 5.82 Å². The van der Waals surface area contributed by atoms with Crippen molar-refractivity contribution >= 4 is 0 Å². The van der Waals surface area contributed by atoms with Crippen molar-refractivity contribution in [1.29, 1.82) is 0 Å². The molecule has 2 aromatic rings. The van der Waals surface area contributed by atoms with Gasteiger partial charge in [-0.25, -0.2) is 9.89 Å². The third-order valence-corrected chi connectivity index (χ3v) is 4.68. The summed E-state index contributed by atoms with van der Waals surface area (Å²) < 4.78 is 3.40. The van der Waals surface area contributed by atoms with E-state index in [2.05, 4.69) is 25.8 Å². The second kappa shape index (κ2) is 6.43. The number of hydrogen-bond donors (Lipinski definition) is 2. The molecule has 1 aliphatic rings. The zero-order chi connectivity index (χ0) is 15.5. The molecule has 0 unspecified atom stereocenters. The molecule has 8 nitrogen and oxygen atoms in total. The first-order chi connectivity index (χ1) is 10.6. The Balaban J connectivity index is 1.64. The molecule has 2 aromatic heterocycles. The summed E-state index contributed by atoms with van der Waals surface area (Å²) in [6.07, 6.45) is 7.45. The molecule has 2 heterocycles. The monoisotopic (exact) mass is 305 g/mol. The van der Waals surface area contributed by atoms with E-state index in [4.69, 9.17) is 0 Å². The zero-order valence-corrected chi connectivity index (χ0v) is 13.1. The predicted molar refractivity (Wildman–Crippen MR) is 81.1 cm³/mol. The van der Waals surface area contributed by atoms with Gasteiger partial charge in [-0.05, 0) is 18.8 Å². The molecule has 1 saturated carbocycles. The predicted octanol–water partition coefficient (Wildman–Crippen LogP) is 0.128.